The molecule has 8 rings (SSSR count). The zero-order valence-electron chi connectivity index (χ0n) is 31.0. The summed E-state index contributed by atoms with van der Waals surface area (Å²) in [6.45, 7) is 2.79. The van der Waals surface area contributed by atoms with Crippen LogP contribution in [-0.2, 0) is 22.6 Å². The second kappa shape index (κ2) is 15.7. The molecule has 3 atom stereocenters. The highest BCUT2D eigenvalue weighted by Crippen LogP contribution is 2.40. The molecule has 13 nitrogen and oxygen atoms in total. The van der Waals surface area contributed by atoms with Crippen LogP contribution in [0.25, 0.3) is 0 Å². The predicted octanol–water partition coefficient (Wildman–Crippen LogP) is 4.26. The molecule has 282 valence electrons. The van der Waals surface area contributed by atoms with E-state index < -0.39 is 0 Å². The van der Waals surface area contributed by atoms with Crippen molar-refractivity contribution >= 4 is 34.8 Å². The second-order valence-electron chi connectivity index (χ2n) is 14.8. The number of fused-ring (bicyclic) bond motifs is 3. The van der Waals surface area contributed by atoms with Gasteiger partial charge in [-0.2, -0.15) is 0 Å². The Morgan fingerprint density at radius 2 is 1.85 bits per heavy atom. The summed E-state index contributed by atoms with van der Waals surface area (Å²) in [4.78, 5) is 50.6. The van der Waals surface area contributed by atoms with Crippen molar-refractivity contribution in [3.8, 4) is 17.6 Å². The molecule has 0 radical (unpaired) electrons. The molecule has 4 aliphatic heterocycles. The molecule has 2 N–H and O–H groups in total. The summed E-state index contributed by atoms with van der Waals surface area (Å²) >= 11 is 0. The number of carbonyl (C=O) groups is 3. The van der Waals surface area contributed by atoms with Crippen molar-refractivity contribution in [1.82, 2.24) is 30.2 Å². The number of carbonyl (C=O) groups excluding carboxylic acids is 3. The predicted molar refractivity (Wildman–Crippen MR) is 209 cm³/mol. The van der Waals surface area contributed by atoms with Crippen LogP contribution in [0.4, 0.5) is 17.2 Å². The Morgan fingerprint density at radius 1 is 0.982 bits per heavy atom. The van der Waals surface area contributed by atoms with Crippen LogP contribution in [0.3, 0.4) is 0 Å². The maximum absolute atomic E-state index is 12.6. The molecule has 2 aromatic carbocycles. The molecule has 0 saturated carbocycles. The van der Waals surface area contributed by atoms with Crippen LogP contribution < -0.4 is 20.0 Å². The second-order valence-corrected chi connectivity index (χ2v) is 14.8. The highest BCUT2D eigenvalue weighted by molar-refractivity contribution is 6.06. The standard InChI is InChI=1S/C42H45N9O4/c1-47-28-51(36-19-20-40(54)44-42(36)55)35-16-9-12-29(41(35)47)11-5-3-2-4-6-13-31-25-49(46-45-31)24-30-14-10-18-39(43-30)50-27-32-23-33(50)26-48(32)22-21-38(53)34-15-7-8-17-37(34)52/h7-10,12,14-18,21-22,25,32-33,36,52H,2-4,6,13,19-20,23-24,26-28H2,1H3,(H,44,54,55)/b22-21+/t32-,33-,36?/m1/s1. The van der Waals surface area contributed by atoms with E-state index in [2.05, 4.69) is 53.1 Å². The fraction of sp³-hybridized carbons (Fsp3) is 0.381. The fourth-order valence-corrected chi connectivity index (χ4v) is 8.25. The SMILES string of the molecule is CN1CN(C2CCC(=O)NC2=O)c2cccc(C#CCCCCCc3cn(Cc4cccc(N5C[C@H]6C[C@@H]5CN6/C=C/C(=O)c5ccccc5O)n4)nn3)c21. The zero-order valence-corrected chi connectivity index (χ0v) is 31.0. The lowest BCUT2D eigenvalue weighted by Crippen LogP contribution is -2.53. The van der Waals surface area contributed by atoms with Crippen LogP contribution in [0.1, 0.15) is 72.3 Å². The van der Waals surface area contributed by atoms with E-state index in [0.717, 1.165) is 85.8 Å². The maximum Gasteiger partial charge on any atom is 0.249 e. The number of allylic oxidation sites excluding steroid dienone is 1. The number of likely N-dealkylation sites (tertiary alicyclic amines) is 1. The molecule has 0 spiro atoms. The lowest BCUT2D eigenvalue weighted by molar-refractivity contribution is -0.134. The molecule has 2 bridgehead atoms. The summed E-state index contributed by atoms with van der Waals surface area (Å²) in [6, 6.07) is 19.1. The number of hydrogen-bond acceptors (Lipinski definition) is 11. The van der Waals surface area contributed by atoms with E-state index in [1.54, 1.807) is 24.3 Å². The third-order valence-corrected chi connectivity index (χ3v) is 11.0. The first-order chi connectivity index (χ1) is 26.8. The number of para-hydroxylation sites is 2. The van der Waals surface area contributed by atoms with Gasteiger partial charge in [-0.25, -0.2) is 9.67 Å². The molecule has 4 aromatic rings. The molecule has 2 amide bonds. The summed E-state index contributed by atoms with van der Waals surface area (Å²) < 4.78 is 1.85. The summed E-state index contributed by atoms with van der Waals surface area (Å²) in [5.41, 5.74) is 5.18. The van der Waals surface area contributed by atoms with E-state index in [1.165, 1.54) is 6.07 Å². The van der Waals surface area contributed by atoms with E-state index in [9.17, 15) is 19.5 Å². The van der Waals surface area contributed by atoms with Crippen LogP contribution in [0.15, 0.2) is 79.1 Å². The monoisotopic (exact) mass is 739 g/mol. The largest absolute Gasteiger partial charge is 0.507 e. The van der Waals surface area contributed by atoms with Gasteiger partial charge < -0.3 is 24.7 Å². The number of aromatic hydroxyl groups is 1. The number of ketones is 1. The van der Waals surface area contributed by atoms with Gasteiger partial charge >= 0.3 is 0 Å². The molecule has 1 unspecified atom stereocenters. The average Bonchev–Trinajstić information content (AvgIpc) is 3.98. The smallest absolute Gasteiger partial charge is 0.249 e. The number of phenolic OH excluding ortho intramolecular Hbond substituents is 1. The lowest BCUT2D eigenvalue weighted by atomic mass is 10.0. The van der Waals surface area contributed by atoms with E-state index in [4.69, 9.17) is 4.98 Å². The van der Waals surface area contributed by atoms with Crippen LogP contribution in [0.2, 0.25) is 0 Å². The number of nitrogens with one attached hydrogen (secondary N) is 1. The van der Waals surface area contributed by atoms with E-state index in [-0.39, 0.29) is 29.4 Å². The third kappa shape index (κ3) is 7.76. The average molecular weight is 740 g/mol. The van der Waals surface area contributed by atoms with E-state index in [0.29, 0.717) is 43.7 Å². The first-order valence-corrected chi connectivity index (χ1v) is 19.1. The fourth-order valence-electron chi connectivity index (χ4n) is 8.25. The minimum atomic E-state index is -0.355. The van der Waals surface area contributed by atoms with Gasteiger partial charge in [-0.1, -0.05) is 47.7 Å². The molecule has 6 heterocycles. The number of nitrogens with zero attached hydrogens (tertiary/aromatic N) is 8. The van der Waals surface area contributed by atoms with Gasteiger partial charge in [0.25, 0.3) is 0 Å². The topological polar surface area (TPSA) is 140 Å². The molecule has 0 aliphatic carbocycles. The first-order valence-electron chi connectivity index (χ1n) is 19.1. The number of imide groups is 1. The number of amides is 2. The Labute approximate surface area is 320 Å². The minimum Gasteiger partial charge on any atom is -0.507 e. The normalized spacial score (nSPS) is 20.3. The number of piperazine rings is 1. The number of anilines is 3. The number of benzene rings is 2. The van der Waals surface area contributed by atoms with Gasteiger partial charge in [-0.3, -0.25) is 19.7 Å². The Hall–Kier alpha value is -6.16. The molecule has 3 fully saturated rings. The maximum atomic E-state index is 12.6. The molecule has 2 aromatic heterocycles. The number of hydrogen-bond donors (Lipinski definition) is 2. The number of rotatable bonds is 12. The third-order valence-electron chi connectivity index (χ3n) is 11.0. The lowest BCUT2D eigenvalue weighted by Gasteiger charge is -2.34. The van der Waals surface area contributed by atoms with Gasteiger partial charge in [0.15, 0.2) is 5.78 Å². The van der Waals surface area contributed by atoms with Crippen molar-refractivity contribution in [2.45, 2.75) is 76.0 Å². The van der Waals surface area contributed by atoms with E-state index >= 15 is 0 Å². The van der Waals surface area contributed by atoms with Crippen molar-refractivity contribution in [1.29, 1.82) is 0 Å². The highest BCUT2D eigenvalue weighted by atomic mass is 16.3. The van der Waals surface area contributed by atoms with Crippen LogP contribution >= 0.6 is 0 Å². The number of aromatic nitrogens is 4. The van der Waals surface area contributed by atoms with Crippen molar-refractivity contribution in [3.63, 3.8) is 0 Å². The molecule has 13 heteroatoms. The van der Waals surface area contributed by atoms with Crippen molar-refractivity contribution in [2.24, 2.45) is 0 Å². The Balaban J connectivity index is 0.779. The van der Waals surface area contributed by atoms with Crippen molar-refractivity contribution in [3.05, 3.63) is 102 Å². The summed E-state index contributed by atoms with van der Waals surface area (Å²) in [5, 5.41) is 21.3. The van der Waals surface area contributed by atoms with E-state index in [1.807, 2.05) is 54.5 Å². The highest BCUT2D eigenvalue weighted by Gasteiger charge is 2.43. The first kappa shape index (κ1) is 35.8. The van der Waals surface area contributed by atoms with Gasteiger partial charge in [0.05, 0.1) is 47.1 Å². The quantitative estimate of drug-likeness (QED) is 0.0709. The molecule has 55 heavy (non-hydrogen) atoms. The number of aryl methyl sites for hydroxylation is 1. The molecular weight excluding hydrogens is 695 g/mol. The van der Waals surface area contributed by atoms with Gasteiger partial charge in [0, 0.05) is 63.5 Å². The summed E-state index contributed by atoms with van der Waals surface area (Å²) in [6.07, 6.45) is 12.0. The van der Waals surface area contributed by atoms with Crippen LogP contribution in [0.5, 0.6) is 5.75 Å². The van der Waals surface area contributed by atoms with Crippen LogP contribution in [0, 0.1) is 11.8 Å². The summed E-state index contributed by atoms with van der Waals surface area (Å²) in [7, 11) is 2.01. The van der Waals surface area contributed by atoms with Crippen LogP contribution in [-0.4, -0.2) is 92.5 Å². The molecular formula is C42H45N9O4. The molecule has 4 aliphatic rings. The Bertz CT molecular complexity index is 2190. The number of phenols is 1. The number of piperidine rings is 1. The van der Waals surface area contributed by atoms with Gasteiger partial charge in [-0.15, -0.1) is 5.10 Å². The summed E-state index contributed by atoms with van der Waals surface area (Å²) in [5.74, 6) is 7.05. The Morgan fingerprint density at radius 3 is 2.69 bits per heavy atom. The number of pyridine rings is 1. The van der Waals surface area contributed by atoms with Crippen molar-refractivity contribution in [2.75, 3.05) is 41.5 Å². The van der Waals surface area contributed by atoms with Crippen molar-refractivity contribution < 1.29 is 19.5 Å². The van der Waals surface area contributed by atoms with Gasteiger partial charge in [0.2, 0.25) is 11.8 Å². The zero-order chi connectivity index (χ0) is 37.9. The van der Waals surface area contributed by atoms with Gasteiger partial charge in [-0.05, 0) is 68.5 Å². The Kier molecular flexibility index (Phi) is 10.2. The number of unbranched alkanes of at least 4 members (excludes halogenated alkanes) is 3. The minimum absolute atomic E-state index is 0.00142. The molecule has 3 saturated heterocycles. The van der Waals surface area contributed by atoms with Gasteiger partial charge in [0.1, 0.15) is 17.6 Å².